The number of hydrogen-bond donors (Lipinski definition) is 16. The van der Waals surface area contributed by atoms with Crippen molar-refractivity contribution in [2.75, 3.05) is 54.9 Å². The molecule has 0 saturated carbocycles. The highest BCUT2D eigenvalue weighted by atomic mass is 32.2. The quantitative estimate of drug-likeness (QED) is 0.00262. The van der Waals surface area contributed by atoms with Gasteiger partial charge in [0.25, 0.3) is 43.4 Å². The van der Waals surface area contributed by atoms with Crippen LogP contribution in [0.3, 0.4) is 0 Å². The maximum absolute atomic E-state index is 13.6. The van der Waals surface area contributed by atoms with E-state index in [9.17, 15) is 118 Å². The molecule has 12 rings (SSSR count). The van der Waals surface area contributed by atoms with Crippen molar-refractivity contribution < 1.29 is 167 Å². The third-order valence-corrected chi connectivity index (χ3v) is 29.9. The predicted octanol–water partition coefficient (Wildman–Crippen LogP) is 7.89. The molecule has 718 valence electrons. The predicted molar refractivity (Wildman–Crippen MR) is 468 cm³/mol. The lowest BCUT2D eigenvalue weighted by molar-refractivity contribution is -0.438. The standard InChI is InChI=1S/C54H61N8O22P3S2.C21H23N6O15P3/c1-6-59-41-22-19-35(88(75,76)77)29-39(41)53(2,3)46(59)15-9-7-10-16-47-54(4,5)40-30-36(89(78,79)80)20-23-42(40)60(47)26-12-8-11-17-48(64)55-25-13-14-34-18-21-37(43(28-34)62(66)67)52(65)58-50-38-24-27-61(51(38)57-33-56-50)49-31-44(63)45(82-49)32-81-86(71,72)84-87(73,74)83-85(68,69)70;22-6-1-2-12-3-4-13(15(8-12)27(30)31)21(29)25-19-14-5-7-26(20(14)24-11-23-19)18-9-16(28)17(40-18)10-39-44(35,36)42-45(37,38)41-43(32,33)34/h7,9-10,15-16,18-24,27-30,33,44-45,49,63H,6,8,11-12,17,25-26,31-32H2,1-5H3,(H7-,55,56,57,58,64,65,68,69,70,71,72,73,74,75,76,77,78,79,80);3-5,7-8,11,16-18,28H,6,9-10,22H2,(H,35,36)(H,37,38)(H2,32,33,34)(H,23,24,25,29)/p+1/t44-,45-,49-;16-,17-,18-/m11/s1. The normalized spacial score (nSPS) is 20.3. The summed E-state index contributed by atoms with van der Waals surface area (Å²) in [4.78, 5) is 153. The number of nitrogens with one attached hydrogen (secondary N) is 3. The number of amides is 3. The number of aliphatic hydroxyl groups excluding tert-OH is 2. The number of unbranched alkanes of at least 4 members (excludes halogenated alkanes) is 2. The van der Waals surface area contributed by atoms with Gasteiger partial charge >= 0.3 is 46.9 Å². The van der Waals surface area contributed by atoms with E-state index in [2.05, 4.69) is 95.3 Å². The number of carbonyl (C=O) groups is 3. The number of rotatable bonds is 35. The number of ether oxygens (including phenoxy) is 2. The first-order chi connectivity index (χ1) is 62.5. The number of aromatic nitrogens is 6. The average molecular weight is 2020 g/mol. The summed E-state index contributed by atoms with van der Waals surface area (Å²) >= 11 is 0. The molecule has 0 spiro atoms. The van der Waals surface area contributed by atoms with Gasteiger partial charge in [-0.2, -0.15) is 38.7 Å². The van der Waals surface area contributed by atoms with Gasteiger partial charge in [0.2, 0.25) is 11.6 Å². The zero-order chi connectivity index (χ0) is 98.4. The lowest BCUT2D eigenvalue weighted by Crippen LogP contribution is -2.28. The van der Waals surface area contributed by atoms with Gasteiger partial charge in [0.15, 0.2) is 5.71 Å². The number of phosphoric ester groups is 2. The Bertz CT molecular complexity index is 6820. The van der Waals surface area contributed by atoms with E-state index in [0.717, 1.165) is 53.1 Å². The smallest absolute Gasteiger partial charge is 0.390 e. The van der Waals surface area contributed by atoms with Gasteiger partial charge in [0, 0.05) is 102 Å². The monoisotopic (exact) mass is 2020 g/mol. The molecule has 2 saturated heterocycles. The largest absolute Gasteiger partial charge is 0.490 e. The highest BCUT2D eigenvalue weighted by molar-refractivity contribution is 7.86. The number of likely N-dealkylation sites (N-methyl/N-ethyl adjacent to an activating group) is 1. The fraction of sp³-hybridized carbons (Fsp3) is 0.333. The lowest BCUT2D eigenvalue weighted by Gasteiger charge is -2.25. The number of anilines is 3. The Hall–Kier alpha value is -10.4. The van der Waals surface area contributed by atoms with Crippen molar-refractivity contribution in [1.29, 1.82) is 0 Å². The number of nitrogens with zero attached hydrogens (tertiary/aromatic N) is 10. The topological polar surface area (TPSA) is 755 Å². The molecule has 3 amide bonds. The Balaban J connectivity index is 0.000000321. The third kappa shape index (κ3) is 26.0. The lowest BCUT2D eigenvalue weighted by atomic mass is 9.81. The van der Waals surface area contributed by atoms with Crippen LogP contribution < -0.4 is 26.6 Å². The second kappa shape index (κ2) is 41.6. The Morgan fingerprint density at radius 3 is 1.55 bits per heavy atom. The number of nitro groups is 2. The van der Waals surface area contributed by atoms with Gasteiger partial charge in [-0.05, 0) is 112 Å². The molecule has 17 N–H and O–H groups in total. The van der Waals surface area contributed by atoms with Crippen molar-refractivity contribution in [2.24, 2.45) is 5.73 Å². The Kier molecular flexibility index (Phi) is 32.3. The molecule has 59 heteroatoms. The van der Waals surface area contributed by atoms with Crippen molar-refractivity contribution in [1.82, 2.24) is 34.4 Å². The second-order valence-corrected chi connectivity index (χ2v) is 42.1. The van der Waals surface area contributed by atoms with E-state index in [1.807, 2.05) is 65.0 Å². The minimum absolute atomic E-state index is 0.0206. The number of allylic oxidation sites excluding steroid dienone is 6. The summed E-state index contributed by atoms with van der Waals surface area (Å²) in [6, 6.07) is 19.4. The molecule has 0 bridgehead atoms. The minimum Gasteiger partial charge on any atom is -0.390 e. The molecule has 0 aliphatic carbocycles. The van der Waals surface area contributed by atoms with E-state index in [-0.39, 0.29) is 104 Å². The summed E-state index contributed by atoms with van der Waals surface area (Å²) in [5, 5.41) is 53.1. The van der Waals surface area contributed by atoms with Crippen LogP contribution in [0.15, 0.2) is 156 Å². The number of phosphoric acid groups is 6. The average Bonchev–Trinajstić information content (AvgIpc) is 1.59. The Morgan fingerprint density at radius 2 is 1.09 bits per heavy atom. The van der Waals surface area contributed by atoms with Crippen LogP contribution in [-0.4, -0.2) is 206 Å². The summed E-state index contributed by atoms with van der Waals surface area (Å²) in [6.07, 6.45) is 8.75. The fourth-order valence-electron chi connectivity index (χ4n) is 14.7. The van der Waals surface area contributed by atoms with Gasteiger partial charge in [0.1, 0.15) is 77.9 Å². The fourth-order valence-corrected chi connectivity index (χ4v) is 21.8. The molecule has 8 heterocycles. The van der Waals surface area contributed by atoms with E-state index in [0.29, 0.717) is 37.9 Å². The number of aliphatic hydroxyl groups is 2. The number of nitrogens with two attached hydrogens (primary N) is 1. The Morgan fingerprint density at radius 1 is 0.612 bits per heavy atom. The molecule has 8 aromatic rings. The van der Waals surface area contributed by atoms with Crippen molar-refractivity contribution in [3.05, 3.63) is 200 Å². The van der Waals surface area contributed by atoms with Crippen LogP contribution in [0.4, 0.5) is 34.4 Å². The molecule has 0 radical (unpaired) electrons. The van der Waals surface area contributed by atoms with Gasteiger partial charge in [-0.25, -0.2) is 47.3 Å². The molecular formula is C75H85N14O37P6S2+. The van der Waals surface area contributed by atoms with Crippen LogP contribution in [0.25, 0.3) is 22.1 Å². The number of hydrogen-bond acceptors (Lipinski definition) is 33. The van der Waals surface area contributed by atoms with Crippen molar-refractivity contribution in [3.8, 4) is 23.7 Å². The summed E-state index contributed by atoms with van der Waals surface area (Å²) in [6.45, 7) is 9.04. The molecule has 51 nitrogen and oxygen atoms in total. The molecule has 4 aliphatic heterocycles. The minimum atomic E-state index is -5.80. The van der Waals surface area contributed by atoms with Crippen LogP contribution in [0.2, 0.25) is 0 Å². The van der Waals surface area contributed by atoms with Crippen molar-refractivity contribution in [3.63, 3.8) is 0 Å². The number of fused-ring (bicyclic) bond motifs is 4. The zero-order valence-corrected chi connectivity index (χ0v) is 77.4. The van der Waals surface area contributed by atoms with Crippen LogP contribution in [-0.2, 0) is 99.0 Å². The van der Waals surface area contributed by atoms with Gasteiger partial charge in [-0.3, -0.25) is 52.8 Å². The van der Waals surface area contributed by atoms with Crippen LogP contribution >= 0.6 is 46.9 Å². The highest BCUT2D eigenvalue weighted by Crippen LogP contribution is 2.68. The maximum Gasteiger partial charge on any atom is 0.490 e. The van der Waals surface area contributed by atoms with Crippen LogP contribution in [0, 0.1) is 43.9 Å². The number of carbonyl (C=O) groups excluding carboxylic acids is 3. The summed E-state index contributed by atoms with van der Waals surface area (Å²) in [7, 11) is -42.7. The Labute approximate surface area is 759 Å². The van der Waals surface area contributed by atoms with Crippen molar-refractivity contribution >= 4 is 147 Å². The van der Waals surface area contributed by atoms with E-state index in [1.54, 1.807) is 12.1 Å². The highest BCUT2D eigenvalue weighted by Gasteiger charge is 2.48. The molecule has 134 heavy (non-hydrogen) atoms. The molecule has 4 unspecified atom stereocenters. The van der Waals surface area contributed by atoms with Crippen LogP contribution in [0.1, 0.15) is 129 Å². The molecule has 4 aromatic carbocycles. The van der Waals surface area contributed by atoms with Gasteiger partial charge < -0.3 is 94.6 Å². The zero-order valence-electron chi connectivity index (χ0n) is 70.4. The van der Waals surface area contributed by atoms with Crippen LogP contribution in [0.5, 0.6) is 0 Å². The van der Waals surface area contributed by atoms with Crippen molar-refractivity contribution in [2.45, 2.75) is 131 Å². The summed E-state index contributed by atoms with van der Waals surface area (Å²) in [5.41, 5.74) is 7.82. The van der Waals surface area contributed by atoms with E-state index < -0.39 is 161 Å². The first-order valence-electron chi connectivity index (χ1n) is 39.2. The third-order valence-electron chi connectivity index (χ3n) is 20.6. The second-order valence-electron chi connectivity index (χ2n) is 30.4. The maximum atomic E-state index is 13.6. The van der Waals surface area contributed by atoms with E-state index in [4.69, 9.17) is 34.8 Å². The van der Waals surface area contributed by atoms with E-state index in [1.165, 1.54) is 82.2 Å². The SMILES string of the molecule is CCN1C(=CC=CC=CC2=[N+](CCCCCC(=O)NCC#Cc3ccc(C(=O)Nc4ncnc5c4ccn5[C@H]4C[C@@H](O)[C@@H](COP(=O)(O)OP(=O)(O)OP(=O)(O)O)O4)c([N+](=O)[O-])c3)c3ccc(S(=O)(=O)O)cc3C2(C)C)C(C)(C)c2cc(S(=O)(=O)O)ccc21.NCC#Cc1ccc(C(=O)Nc2ncnc3c2ccn3[C@H]2C[C@@H](O)[C@@H](COP(=O)(O)OP(=O)(O)OP(=O)(O)O)O2)c([N+](=O)[O-])c1. The molecular weight excluding hydrogens is 1940 g/mol. The summed E-state index contributed by atoms with van der Waals surface area (Å²) in [5.74, 6) is 8.53. The summed E-state index contributed by atoms with van der Waals surface area (Å²) < 4.78 is 177. The number of nitro benzene ring substituents is 2. The van der Waals surface area contributed by atoms with Gasteiger partial charge in [-0.1, -0.05) is 55.8 Å². The molecule has 2 fully saturated rings. The first-order valence-corrected chi connectivity index (χ1v) is 51.1. The first kappa shape index (κ1) is 104. The molecule has 4 aromatic heterocycles. The van der Waals surface area contributed by atoms with Gasteiger partial charge in [-0.15, -0.1) is 0 Å². The number of benzene rings is 4. The van der Waals surface area contributed by atoms with Gasteiger partial charge in [0.05, 0.1) is 74.3 Å². The molecule has 10 atom stereocenters. The molecule has 4 aliphatic rings. The van der Waals surface area contributed by atoms with E-state index >= 15 is 0 Å².